The van der Waals surface area contributed by atoms with Crippen LogP contribution < -0.4 is 15.0 Å². The highest BCUT2D eigenvalue weighted by molar-refractivity contribution is 8.14. The quantitative estimate of drug-likeness (QED) is 0.243. The molecule has 44 heavy (non-hydrogen) atoms. The van der Waals surface area contributed by atoms with Gasteiger partial charge in [0.2, 0.25) is 0 Å². The molecular weight excluding hydrogens is 591 g/mol. The Morgan fingerprint density at radius 3 is 2.48 bits per heavy atom. The second-order valence-corrected chi connectivity index (χ2v) is 11.1. The molecule has 0 bridgehead atoms. The molecule has 2 amide bonds. The van der Waals surface area contributed by atoms with Crippen LogP contribution in [0.3, 0.4) is 0 Å². The largest absolute Gasteiger partial charge is 0.573 e. The lowest BCUT2D eigenvalue weighted by Crippen LogP contribution is -2.37. The number of aliphatic imine (C=N–C) groups is 1. The number of amides is 2. The molecule has 13 heteroatoms. The summed E-state index contributed by atoms with van der Waals surface area (Å²) in [6.07, 6.45) is -2.34. The van der Waals surface area contributed by atoms with Crippen LogP contribution in [0, 0.1) is 25.2 Å². The van der Waals surface area contributed by atoms with Crippen molar-refractivity contribution in [1.82, 2.24) is 20.1 Å². The number of nitrogens with zero attached hydrogens (tertiary/aromatic N) is 6. The number of anilines is 1. The van der Waals surface area contributed by atoms with Gasteiger partial charge < -0.3 is 15.0 Å². The number of thioether (sulfide) groups is 1. The van der Waals surface area contributed by atoms with E-state index >= 15 is 0 Å². The summed E-state index contributed by atoms with van der Waals surface area (Å²) < 4.78 is 42.6. The van der Waals surface area contributed by atoms with Crippen LogP contribution in [0.4, 0.5) is 23.7 Å². The highest BCUT2D eigenvalue weighted by Crippen LogP contribution is 2.31. The van der Waals surface area contributed by atoms with Crippen molar-refractivity contribution in [2.75, 3.05) is 23.7 Å². The van der Waals surface area contributed by atoms with E-state index in [1.54, 1.807) is 36.0 Å². The van der Waals surface area contributed by atoms with Gasteiger partial charge in [-0.3, -0.25) is 0 Å². The highest BCUT2D eigenvalue weighted by Gasteiger charge is 2.31. The first kappa shape index (κ1) is 30.6. The minimum Gasteiger partial charge on any atom is -0.406 e. The molecule has 5 rings (SSSR count). The molecule has 1 aliphatic rings. The number of hydrogen-bond donors (Lipinski definition) is 1. The number of benzene rings is 3. The molecule has 0 aliphatic carbocycles. The van der Waals surface area contributed by atoms with Gasteiger partial charge in [-0.05, 0) is 61.2 Å². The van der Waals surface area contributed by atoms with E-state index in [9.17, 15) is 23.2 Å². The van der Waals surface area contributed by atoms with Crippen LogP contribution in [-0.4, -0.2) is 51.2 Å². The van der Waals surface area contributed by atoms with Crippen LogP contribution in [0.15, 0.2) is 78.0 Å². The first-order valence-corrected chi connectivity index (χ1v) is 14.7. The van der Waals surface area contributed by atoms with Crippen molar-refractivity contribution >= 4 is 28.6 Å². The highest BCUT2D eigenvalue weighted by atomic mass is 32.2. The fourth-order valence-electron chi connectivity index (χ4n) is 4.83. The molecule has 0 saturated carbocycles. The Morgan fingerprint density at radius 1 is 1.11 bits per heavy atom. The van der Waals surface area contributed by atoms with E-state index in [1.807, 2.05) is 32.0 Å². The SMILES string of the molecule is Cc1cccc(C)c1N1CCCS/C1=N\C(=O)NCC(C#N)c1ccc(-c2ncn(-c3ccc(OC(F)(F)F)cc3)n2)cc1. The van der Waals surface area contributed by atoms with Crippen LogP contribution in [0.25, 0.3) is 17.1 Å². The van der Waals surface area contributed by atoms with E-state index in [1.165, 1.54) is 35.3 Å². The summed E-state index contributed by atoms with van der Waals surface area (Å²) in [7, 11) is 0. The summed E-state index contributed by atoms with van der Waals surface area (Å²) in [5.74, 6) is 0.324. The number of rotatable bonds is 7. The summed E-state index contributed by atoms with van der Waals surface area (Å²) in [6, 6.07) is 20.2. The number of halogens is 3. The monoisotopic (exact) mass is 619 g/mol. The summed E-state index contributed by atoms with van der Waals surface area (Å²) in [5.41, 5.74) is 5.18. The maximum atomic E-state index is 12.8. The number of ether oxygens (including phenoxy) is 1. The Labute approximate surface area is 256 Å². The van der Waals surface area contributed by atoms with Gasteiger partial charge in [-0.1, -0.05) is 54.2 Å². The molecule has 1 atom stereocenters. The Morgan fingerprint density at radius 2 is 1.82 bits per heavy atom. The van der Waals surface area contributed by atoms with Crippen LogP contribution in [0.1, 0.15) is 29.0 Å². The number of amidine groups is 1. The Hall–Kier alpha value is -4.83. The van der Waals surface area contributed by atoms with Crippen molar-refractivity contribution in [3.05, 3.63) is 89.7 Å². The summed E-state index contributed by atoms with van der Waals surface area (Å²) >= 11 is 1.54. The number of carbonyl (C=O) groups excluding carboxylic acids is 1. The standard InChI is InChI=1S/C31H28F3N7O2S/c1-20-5-3-6-21(2)27(20)40-15-4-16-44-30(40)38-29(42)36-18-24(17-35)22-7-9-23(10-8-22)28-37-19-41(39-28)25-11-13-26(14-12-25)43-31(32,33)34/h3,5-14,19,24H,4,15-16,18H2,1-2H3,(H,36,42)/b38-30-. The first-order chi connectivity index (χ1) is 21.1. The molecule has 226 valence electrons. The molecular formula is C31H28F3N7O2S. The Balaban J connectivity index is 1.22. The third kappa shape index (κ3) is 7.38. The van der Waals surface area contributed by atoms with Gasteiger partial charge in [-0.25, -0.2) is 14.5 Å². The van der Waals surface area contributed by atoms with E-state index in [4.69, 9.17) is 0 Å². The number of urea groups is 1. The van der Waals surface area contributed by atoms with Gasteiger partial charge in [0.1, 0.15) is 12.1 Å². The topological polar surface area (TPSA) is 108 Å². The van der Waals surface area contributed by atoms with Crippen LogP contribution in [0.2, 0.25) is 0 Å². The van der Waals surface area contributed by atoms with E-state index in [0.29, 0.717) is 27.8 Å². The van der Waals surface area contributed by atoms with Crippen molar-refractivity contribution < 1.29 is 22.7 Å². The predicted molar refractivity (Wildman–Crippen MR) is 163 cm³/mol. The molecule has 1 unspecified atom stereocenters. The number of para-hydroxylation sites is 1. The Kier molecular flexibility index (Phi) is 9.20. The van der Waals surface area contributed by atoms with Crippen molar-refractivity contribution in [2.45, 2.75) is 32.5 Å². The Bertz CT molecular complexity index is 1680. The van der Waals surface area contributed by atoms with Crippen molar-refractivity contribution in [2.24, 2.45) is 4.99 Å². The fraction of sp³-hybridized carbons (Fsp3) is 0.258. The summed E-state index contributed by atoms with van der Waals surface area (Å²) in [6.45, 7) is 4.94. The number of nitrogens with one attached hydrogen (secondary N) is 1. The molecule has 1 aromatic heterocycles. The maximum Gasteiger partial charge on any atom is 0.573 e. The van der Waals surface area contributed by atoms with Gasteiger partial charge >= 0.3 is 12.4 Å². The number of hydrogen-bond acceptors (Lipinski definition) is 6. The average molecular weight is 620 g/mol. The second-order valence-electron chi connectivity index (χ2n) is 10.0. The number of aryl methyl sites for hydroxylation is 2. The lowest BCUT2D eigenvalue weighted by Gasteiger charge is -2.31. The molecule has 1 saturated heterocycles. The molecule has 2 heterocycles. The molecule has 4 aromatic rings. The third-order valence-corrected chi connectivity index (χ3v) is 7.97. The zero-order chi connectivity index (χ0) is 31.3. The van der Waals surface area contributed by atoms with Crippen LogP contribution in [-0.2, 0) is 0 Å². The van der Waals surface area contributed by atoms with Gasteiger partial charge in [0.25, 0.3) is 0 Å². The summed E-state index contributed by atoms with van der Waals surface area (Å²) in [5, 5.41) is 17.6. The molecule has 0 radical (unpaired) electrons. The summed E-state index contributed by atoms with van der Waals surface area (Å²) in [4.78, 5) is 23.6. The van der Waals surface area contributed by atoms with Gasteiger partial charge in [-0.2, -0.15) is 10.3 Å². The van der Waals surface area contributed by atoms with Gasteiger partial charge in [0.05, 0.1) is 17.7 Å². The average Bonchev–Trinajstić information content (AvgIpc) is 3.49. The zero-order valence-corrected chi connectivity index (χ0v) is 24.7. The fourth-order valence-corrected chi connectivity index (χ4v) is 5.77. The molecule has 0 spiro atoms. The van der Waals surface area contributed by atoms with Gasteiger partial charge in [0.15, 0.2) is 11.0 Å². The zero-order valence-electron chi connectivity index (χ0n) is 23.9. The number of carbonyl (C=O) groups is 1. The van der Waals surface area contributed by atoms with Crippen LogP contribution in [0.5, 0.6) is 5.75 Å². The van der Waals surface area contributed by atoms with E-state index in [2.05, 4.69) is 36.1 Å². The maximum absolute atomic E-state index is 12.8. The van der Waals surface area contributed by atoms with E-state index in [-0.39, 0.29) is 12.3 Å². The minimum atomic E-state index is -4.77. The lowest BCUT2D eigenvalue weighted by molar-refractivity contribution is -0.274. The lowest BCUT2D eigenvalue weighted by atomic mass is 9.99. The van der Waals surface area contributed by atoms with Crippen molar-refractivity contribution in [1.29, 1.82) is 5.26 Å². The van der Waals surface area contributed by atoms with Gasteiger partial charge in [0, 0.05) is 30.1 Å². The molecule has 3 aromatic carbocycles. The normalized spacial score (nSPS) is 15.1. The molecule has 1 N–H and O–H groups in total. The number of aromatic nitrogens is 3. The first-order valence-electron chi connectivity index (χ1n) is 13.7. The molecule has 9 nitrogen and oxygen atoms in total. The number of nitriles is 1. The smallest absolute Gasteiger partial charge is 0.406 e. The third-order valence-electron chi connectivity index (χ3n) is 6.91. The van der Waals surface area contributed by atoms with Crippen molar-refractivity contribution in [3.8, 4) is 28.9 Å². The van der Waals surface area contributed by atoms with E-state index in [0.717, 1.165) is 35.5 Å². The second kappa shape index (κ2) is 13.2. The van der Waals surface area contributed by atoms with Crippen LogP contribution >= 0.6 is 11.8 Å². The van der Waals surface area contributed by atoms with Gasteiger partial charge in [-0.15, -0.1) is 18.3 Å². The molecule has 1 fully saturated rings. The van der Waals surface area contributed by atoms with Crippen molar-refractivity contribution in [3.63, 3.8) is 0 Å². The number of alkyl halides is 3. The predicted octanol–water partition coefficient (Wildman–Crippen LogP) is 6.77. The van der Waals surface area contributed by atoms with E-state index < -0.39 is 18.3 Å². The molecule has 1 aliphatic heterocycles. The minimum absolute atomic E-state index is 0.0838.